The van der Waals surface area contributed by atoms with Gasteiger partial charge in [-0.2, -0.15) is 0 Å². The van der Waals surface area contributed by atoms with Crippen LogP contribution in [0, 0.1) is 0 Å². The van der Waals surface area contributed by atoms with Crippen molar-refractivity contribution in [2.24, 2.45) is 0 Å². The first-order chi connectivity index (χ1) is 8.77. The number of thiophene rings is 1. The van der Waals surface area contributed by atoms with E-state index >= 15 is 0 Å². The predicted octanol–water partition coefficient (Wildman–Crippen LogP) is 3.23. The van der Waals surface area contributed by atoms with Gasteiger partial charge >= 0.3 is 0 Å². The molecule has 0 amide bonds. The van der Waals surface area contributed by atoms with E-state index in [-0.39, 0.29) is 11.5 Å². The van der Waals surface area contributed by atoms with E-state index in [1.165, 1.54) is 11.3 Å². The van der Waals surface area contributed by atoms with E-state index in [1.54, 1.807) is 30.5 Å². The third kappa shape index (κ3) is 1.67. The summed E-state index contributed by atoms with van der Waals surface area (Å²) in [6.45, 7) is 0. The van der Waals surface area contributed by atoms with Crippen LogP contribution in [0.2, 0.25) is 0 Å². The molecule has 0 aliphatic carbocycles. The largest absolute Gasteiger partial charge is 0.506 e. The summed E-state index contributed by atoms with van der Waals surface area (Å²) in [5.74, 6) is -0.194. The lowest BCUT2D eigenvalue weighted by Crippen LogP contribution is -2.01. The van der Waals surface area contributed by atoms with Crippen LogP contribution in [0.25, 0.3) is 10.1 Å². The van der Waals surface area contributed by atoms with Gasteiger partial charge in [-0.1, -0.05) is 18.2 Å². The molecule has 0 spiro atoms. The topological polar surface area (TPSA) is 50.2 Å². The van der Waals surface area contributed by atoms with E-state index in [2.05, 4.69) is 4.98 Å². The lowest BCUT2D eigenvalue weighted by molar-refractivity contribution is 0.103. The Labute approximate surface area is 107 Å². The van der Waals surface area contributed by atoms with E-state index < -0.39 is 0 Å². The zero-order valence-corrected chi connectivity index (χ0v) is 10.1. The van der Waals surface area contributed by atoms with Crippen molar-refractivity contribution < 1.29 is 9.90 Å². The standard InChI is InChI=1S/C14H9NO2S/c16-12-9-5-1-2-7-11(9)18-14(12)13(17)10-6-3-4-8-15-10/h1-8,16H. The number of fused-ring (bicyclic) bond motifs is 1. The molecule has 3 rings (SSSR count). The van der Waals surface area contributed by atoms with Crippen LogP contribution in [-0.4, -0.2) is 15.9 Å². The van der Waals surface area contributed by atoms with E-state index in [0.717, 1.165) is 4.70 Å². The summed E-state index contributed by atoms with van der Waals surface area (Å²) in [6, 6.07) is 12.6. The van der Waals surface area contributed by atoms with Gasteiger partial charge in [0.2, 0.25) is 5.78 Å². The summed E-state index contributed by atoms with van der Waals surface area (Å²) in [5, 5.41) is 10.8. The molecule has 88 valence electrons. The Morgan fingerprint density at radius 1 is 1.11 bits per heavy atom. The van der Waals surface area contributed by atoms with E-state index in [1.807, 2.05) is 18.2 Å². The van der Waals surface area contributed by atoms with Crippen LogP contribution in [0.15, 0.2) is 48.7 Å². The Hall–Kier alpha value is -2.20. The van der Waals surface area contributed by atoms with Gasteiger partial charge in [-0.15, -0.1) is 11.3 Å². The molecule has 3 nitrogen and oxygen atoms in total. The van der Waals surface area contributed by atoms with Gasteiger partial charge in [-0.05, 0) is 24.3 Å². The number of ketones is 1. The second-order valence-electron chi connectivity index (χ2n) is 3.82. The fourth-order valence-electron chi connectivity index (χ4n) is 1.80. The minimum absolute atomic E-state index is 0.0475. The lowest BCUT2D eigenvalue weighted by Gasteiger charge is -1.97. The van der Waals surface area contributed by atoms with Gasteiger partial charge < -0.3 is 5.11 Å². The van der Waals surface area contributed by atoms with Crippen molar-refractivity contribution in [3.63, 3.8) is 0 Å². The molecule has 0 fully saturated rings. The molecule has 0 saturated carbocycles. The SMILES string of the molecule is O=C(c1ccccn1)c1sc2ccccc2c1O. The van der Waals surface area contributed by atoms with Crippen LogP contribution < -0.4 is 0 Å². The first-order valence-corrected chi connectivity index (χ1v) is 6.25. The number of pyridine rings is 1. The van der Waals surface area contributed by atoms with Crippen LogP contribution >= 0.6 is 11.3 Å². The number of carbonyl (C=O) groups is 1. The number of hydrogen-bond donors (Lipinski definition) is 1. The highest BCUT2D eigenvalue weighted by Crippen LogP contribution is 2.37. The average molecular weight is 255 g/mol. The molecule has 0 atom stereocenters. The molecule has 0 aliphatic heterocycles. The molecule has 1 N–H and O–H groups in total. The molecule has 2 aromatic heterocycles. The highest BCUT2D eigenvalue weighted by molar-refractivity contribution is 7.21. The van der Waals surface area contributed by atoms with Crippen molar-refractivity contribution >= 4 is 27.2 Å². The molecule has 0 bridgehead atoms. The van der Waals surface area contributed by atoms with Crippen LogP contribution in [0.4, 0.5) is 0 Å². The van der Waals surface area contributed by atoms with E-state index in [0.29, 0.717) is 16.0 Å². The summed E-state index contributed by atoms with van der Waals surface area (Å²) >= 11 is 1.29. The van der Waals surface area contributed by atoms with Crippen molar-refractivity contribution in [3.05, 3.63) is 59.2 Å². The highest BCUT2D eigenvalue weighted by Gasteiger charge is 2.19. The molecular formula is C14H9NO2S. The van der Waals surface area contributed by atoms with Crippen LogP contribution in [0.1, 0.15) is 15.4 Å². The van der Waals surface area contributed by atoms with Crippen LogP contribution in [0.3, 0.4) is 0 Å². The summed E-state index contributed by atoms with van der Waals surface area (Å²) in [7, 11) is 0. The number of aromatic nitrogens is 1. The van der Waals surface area contributed by atoms with Crippen LogP contribution in [-0.2, 0) is 0 Å². The van der Waals surface area contributed by atoms with Crippen molar-refractivity contribution in [2.75, 3.05) is 0 Å². The quantitative estimate of drug-likeness (QED) is 0.715. The molecule has 0 saturated heterocycles. The van der Waals surface area contributed by atoms with Gasteiger partial charge in [0.25, 0.3) is 0 Å². The Morgan fingerprint density at radius 2 is 1.89 bits per heavy atom. The maximum absolute atomic E-state index is 12.2. The van der Waals surface area contributed by atoms with Gasteiger partial charge in [0, 0.05) is 16.3 Å². The van der Waals surface area contributed by atoms with Crippen molar-refractivity contribution in [3.8, 4) is 5.75 Å². The third-order valence-corrected chi connectivity index (χ3v) is 3.83. The summed E-state index contributed by atoms with van der Waals surface area (Å²) in [4.78, 5) is 16.6. The minimum Gasteiger partial charge on any atom is -0.506 e. The van der Waals surface area contributed by atoms with Crippen molar-refractivity contribution in [2.45, 2.75) is 0 Å². The normalized spacial score (nSPS) is 10.7. The van der Waals surface area contributed by atoms with Crippen molar-refractivity contribution in [1.82, 2.24) is 4.98 Å². The van der Waals surface area contributed by atoms with Gasteiger partial charge in [0.05, 0.1) is 0 Å². The number of aromatic hydroxyl groups is 1. The van der Waals surface area contributed by atoms with Gasteiger partial charge in [-0.25, -0.2) is 0 Å². The first kappa shape index (κ1) is 10.9. The molecule has 2 heterocycles. The number of hydrogen-bond acceptors (Lipinski definition) is 4. The average Bonchev–Trinajstić information content (AvgIpc) is 2.77. The summed E-state index contributed by atoms with van der Waals surface area (Å²) in [5.41, 5.74) is 0.347. The fourth-order valence-corrected chi connectivity index (χ4v) is 2.84. The molecule has 0 aliphatic rings. The maximum Gasteiger partial charge on any atom is 0.225 e. The van der Waals surface area contributed by atoms with Gasteiger partial charge in [0.1, 0.15) is 16.3 Å². The Morgan fingerprint density at radius 3 is 2.61 bits per heavy atom. The number of rotatable bonds is 2. The van der Waals surface area contributed by atoms with E-state index in [9.17, 15) is 9.90 Å². The predicted molar refractivity (Wildman–Crippen MR) is 71.2 cm³/mol. The summed E-state index contributed by atoms with van der Waals surface area (Å²) in [6.07, 6.45) is 1.57. The maximum atomic E-state index is 12.2. The van der Waals surface area contributed by atoms with Crippen molar-refractivity contribution in [1.29, 1.82) is 0 Å². The van der Waals surface area contributed by atoms with Gasteiger partial charge in [0.15, 0.2) is 0 Å². The summed E-state index contributed by atoms with van der Waals surface area (Å²) < 4.78 is 0.897. The smallest absolute Gasteiger partial charge is 0.225 e. The molecule has 4 heteroatoms. The Balaban J connectivity index is 2.15. The molecule has 0 radical (unpaired) electrons. The number of carbonyl (C=O) groups excluding carboxylic acids is 1. The first-order valence-electron chi connectivity index (χ1n) is 5.43. The second kappa shape index (κ2) is 4.23. The zero-order chi connectivity index (χ0) is 12.5. The molecule has 0 unspecified atom stereocenters. The molecule has 3 aromatic rings. The fraction of sp³-hybridized carbons (Fsp3) is 0. The number of nitrogens with zero attached hydrogens (tertiary/aromatic N) is 1. The number of benzene rings is 1. The lowest BCUT2D eigenvalue weighted by atomic mass is 10.1. The van der Waals surface area contributed by atoms with E-state index in [4.69, 9.17) is 0 Å². The Kier molecular flexibility index (Phi) is 2.57. The minimum atomic E-state index is -0.241. The van der Waals surface area contributed by atoms with Gasteiger partial charge in [-0.3, -0.25) is 9.78 Å². The van der Waals surface area contributed by atoms with Crippen LogP contribution in [0.5, 0.6) is 5.75 Å². The molecular weight excluding hydrogens is 246 g/mol. The molecule has 18 heavy (non-hydrogen) atoms. The highest BCUT2D eigenvalue weighted by atomic mass is 32.1. The monoisotopic (exact) mass is 255 g/mol. The second-order valence-corrected chi connectivity index (χ2v) is 4.87. The molecule has 1 aromatic carbocycles. The Bertz CT molecular complexity index is 719. The third-order valence-electron chi connectivity index (χ3n) is 2.67. The zero-order valence-electron chi connectivity index (χ0n) is 9.33.